The summed E-state index contributed by atoms with van der Waals surface area (Å²) in [6.07, 6.45) is 18.7. The molecule has 25 heavy (non-hydrogen) atoms. The summed E-state index contributed by atoms with van der Waals surface area (Å²) in [7, 11) is 0. The van der Waals surface area contributed by atoms with Gasteiger partial charge < -0.3 is 0 Å². The van der Waals surface area contributed by atoms with Gasteiger partial charge in [0.1, 0.15) is 0 Å². The molecule has 0 heterocycles. The van der Waals surface area contributed by atoms with Gasteiger partial charge in [-0.3, -0.25) is 9.59 Å². The van der Waals surface area contributed by atoms with E-state index in [0.717, 1.165) is 32.1 Å². The Hall–Kier alpha value is -0.340. The van der Waals surface area contributed by atoms with Crippen LogP contribution in [0.3, 0.4) is 0 Å². The Labute approximate surface area is 163 Å². The second-order valence-electron chi connectivity index (χ2n) is 7.47. The zero-order valence-electron chi connectivity index (χ0n) is 15.7. The zero-order valence-corrected chi connectivity index (χ0v) is 17.2. The number of hydrogen-bond acceptors (Lipinski definition) is 2. The predicted molar refractivity (Wildman–Crippen MR) is 107 cm³/mol. The van der Waals surface area contributed by atoms with E-state index in [1.54, 1.807) is 0 Å². The molecule has 0 bridgehead atoms. The number of allylic oxidation sites excluding steroid dienone is 2. The van der Waals surface area contributed by atoms with Crippen LogP contribution in [0.25, 0.3) is 0 Å². The van der Waals surface area contributed by atoms with Crippen LogP contribution < -0.4 is 0 Å². The Morgan fingerprint density at radius 1 is 0.880 bits per heavy atom. The number of carbonyl (C=O) groups excluding carboxylic acids is 2. The van der Waals surface area contributed by atoms with Crippen molar-refractivity contribution in [2.75, 3.05) is 0 Å². The van der Waals surface area contributed by atoms with Crippen LogP contribution in [0.15, 0.2) is 12.2 Å². The molecule has 1 aliphatic rings. The van der Waals surface area contributed by atoms with Gasteiger partial charge in [0.05, 0.1) is 0 Å². The molecule has 0 radical (unpaired) electrons. The van der Waals surface area contributed by atoms with E-state index in [1.165, 1.54) is 44.9 Å². The number of unbranched alkanes of at least 4 members (excludes halogenated alkanes) is 7. The van der Waals surface area contributed by atoms with E-state index in [1.807, 2.05) is 0 Å². The first-order valence-corrected chi connectivity index (χ1v) is 10.9. The monoisotopic (exact) mass is 388 g/mol. The first-order valence-electron chi connectivity index (χ1n) is 10.1. The highest BCUT2D eigenvalue weighted by atomic mass is 35.5. The number of hydrogen-bond donors (Lipinski definition) is 0. The Morgan fingerprint density at radius 2 is 1.52 bits per heavy atom. The second-order valence-corrected chi connectivity index (χ2v) is 8.26. The lowest BCUT2D eigenvalue weighted by Gasteiger charge is -2.29. The molecule has 0 saturated carbocycles. The molecule has 4 heteroatoms. The summed E-state index contributed by atoms with van der Waals surface area (Å²) in [5, 5.41) is -0.370. The SMILES string of the molecule is CCCCCC1C=CC(CCCCCCCCC(=O)Cl)CC1C(=O)Cl. The van der Waals surface area contributed by atoms with Gasteiger partial charge in [0.25, 0.3) is 0 Å². The molecule has 1 rings (SSSR count). The third-order valence-corrected chi connectivity index (χ3v) is 5.80. The smallest absolute Gasteiger partial charge is 0.225 e. The standard InChI is InChI=1S/C21H34Cl2O2/c1-2-3-8-12-18-15-14-17(16-19(18)21(23)25)11-9-6-4-5-7-10-13-20(22)24/h14-15,17-19H,2-13,16H2,1H3. The first-order chi connectivity index (χ1) is 12.0. The maximum Gasteiger partial charge on any atom is 0.225 e. The van der Waals surface area contributed by atoms with Gasteiger partial charge in [0.2, 0.25) is 10.5 Å². The van der Waals surface area contributed by atoms with Crippen LogP contribution in [0, 0.1) is 17.8 Å². The molecule has 1 aliphatic carbocycles. The summed E-state index contributed by atoms with van der Waals surface area (Å²) < 4.78 is 0. The summed E-state index contributed by atoms with van der Waals surface area (Å²) in [4.78, 5) is 22.5. The van der Waals surface area contributed by atoms with Crippen molar-refractivity contribution in [3.63, 3.8) is 0 Å². The minimum atomic E-state index is -0.222. The van der Waals surface area contributed by atoms with Crippen molar-refractivity contribution in [2.24, 2.45) is 17.8 Å². The molecule has 0 fully saturated rings. The molecule has 0 saturated heterocycles. The minimum absolute atomic E-state index is 0.0154. The fraction of sp³-hybridized carbons (Fsp3) is 0.810. The maximum atomic E-state index is 11.8. The quantitative estimate of drug-likeness (QED) is 0.182. The molecule has 144 valence electrons. The van der Waals surface area contributed by atoms with E-state index in [9.17, 15) is 9.59 Å². The third-order valence-electron chi connectivity index (χ3n) is 5.33. The van der Waals surface area contributed by atoms with Crippen molar-refractivity contribution in [3.8, 4) is 0 Å². The van der Waals surface area contributed by atoms with Gasteiger partial charge in [0, 0.05) is 12.3 Å². The van der Waals surface area contributed by atoms with Gasteiger partial charge in [0.15, 0.2) is 0 Å². The average molecular weight is 389 g/mol. The van der Waals surface area contributed by atoms with Crippen LogP contribution in [-0.4, -0.2) is 10.5 Å². The summed E-state index contributed by atoms with van der Waals surface area (Å²) in [6.45, 7) is 2.20. The molecule has 0 aromatic carbocycles. The van der Waals surface area contributed by atoms with Crippen molar-refractivity contribution in [3.05, 3.63) is 12.2 Å². The fourth-order valence-electron chi connectivity index (χ4n) is 3.79. The topological polar surface area (TPSA) is 34.1 Å². The molecule has 0 aromatic rings. The lowest BCUT2D eigenvalue weighted by atomic mass is 9.76. The Bertz CT molecular complexity index is 420. The van der Waals surface area contributed by atoms with Crippen molar-refractivity contribution >= 4 is 33.7 Å². The number of carbonyl (C=O) groups is 2. The highest BCUT2D eigenvalue weighted by Crippen LogP contribution is 2.35. The molecule has 3 atom stereocenters. The molecule has 0 aliphatic heterocycles. The molecular formula is C21H34Cl2O2. The van der Waals surface area contributed by atoms with Crippen LogP contribution in [0.2, 0.25) is 0 Å². The van der Waals surface area contributed by atoms with Crippen LogP contribution >= 0.6 is 23.2 Å². The third kappa shape index (κ3) is 10.4. The van der Waals surface area contributed by atoms with Crippen LogP contribution in [0.5, 0.6) is 0 Å². The van der Waals surface area contributed by atoms with Gasteiger partial charge in [-0.15, -0.1) is 0 Å². The van der Waals surface area contributed by atoms with Crippen molar-refractivity contribution in [1.82, 2.24) is 0 Å². The Balaban J connectivity index is 2.20. The van der Waals surface area contributed by atoms with Gasteiger partial charge in [-0.25, -0.2) is 0 Å². The first kappa shape index (κ1) is 22.7. The van der Waals surface area contributed by atoms with Gasteiger partial charge in [-0.2, -0.15) is 0 Å². The molecule has 2 nitrogen and oxygen atoms in total. The van der Waals surface area contributed by atoms with E-state index in [2.05, 4.69) is 19.1 Å². The largest absolute Gasteiger partial charge is 0.281 e. The van der Waals surface area contributed by atoms with Crippen molar-refractivity contribution in [2.45, 2.75) is 90.4 Å². The summed E-state index contributed by atoms with van der Waals surface area (Å²) in [5.41, 5.74) is 0. The highest BCUT2D eigenvalue weighted by molar-refractivity contribution is 6.64. The van der Waals surface area contributed by atoms with Crippen molar-refractivity contribution < 1.29 is 9.59 Å². The van der Waals surface area contributed by atoms with E-state index >= 15 is 0 Å². The summed E-state index contributed by atoms with van der Waals surface area (Å²) >= 11 is 11.2. The predicted octanol–water partition coefficient (Wildman–Crippen LogP) is 7.03. The molecule has 0 N–H and O–H groups in total. The van der Waals surface area contributed by atoms with Gasteiger partial charge in [-0.05, 0) is 60.7 Å². The zero-order chi connectivity index (χ0) is 18.5. The van der Waals surface area contributed by atoms with Crippen molar-refractivity contribution in [1.29, 1.82) is 0 Å². The molecular weight excluding hydrogens is 355 g/mol. The minimum Gasteiger partial charge on any atom is -0.281 e. The van der Waals surface area contributed by atoms with Crippen LogP contribution in [0.4, 0.5) is 0 Å². The van der Waals surface area contributed by atoms with E-state index < -0.39 is 0 Å². The summed E-state index contributed by atoms with van der Waals surface area (Å²) in [6, 6.07) is 0. The maximum absolute atomic E-state index is 11.8. The van der Waals surface area contributed by atoms with Crippen LogP contribution in [-0.2, 0) is 9.59 Å². The fourth-order valence-corrected chi connectivity index (χ4v) is 4.18. The molecule has 0 amide bonds. The average Bonchev–Trinajstić information content (AvgIpc) is 2.58. The van der Waals surface area contributed by atoms with Gasteiger partial charge in [-0.1, -0.05) is 70.4 Å². The van der Waals surface area contributed by atoms with E-state index in [0.29, 0.717) is 18.3 Å². The number of halogens is 2. The normalized spacial score (nSPS) is 22.9. The molecule has 0 spiro atoms. The Kier molecular flexibility index (Phi) is 12.5. The van der Waals surface area contributed by atoms with E-state index in [-0.39, 0.29) is 16.4 Å². The lowest BCUT2D eigenvalue weighted by molar-refractivity contribution is -0.117. The highest BCUT2D eigenvalue weighted by Gasteiger charge is 2.30. The van der Waals surface area contributed by atoms with Crippen LogP contribution in [0.1, 0.15) is 90.4 Å². The van der Waals surface area contributed by atoms with Gasteiger partial charge >= 0.3 is 0 Å². The number of rotatable bonds is 14. The molecule has 3 unspecified atom stereocenters. The summed E-state index contributed by atoms with van der Waals surface area (Å²) in [5.74, 6) is 0.864. The van der Waals surface area contributed by atoms with E-state index in [4.69, 9.17) is 23.2 Å². The Morgan fingerprint density at radius 3 is 2.16 bits per heavy atom. The second kappa shape index (κ2) is 13.8. The lowest BCUT2D eigenvalue weighted by Crippen LogP contribution is -2.25. The molecule has 0 aromatic heterocycles.